The second-order valence-electron chi connectivity index (χ2n) is 4.75. The average molecular weight is 230 g/mol. The smallest absolute Gasteiger partial charge is 0.0589 e. The van der Waals surface area contributed by atoms with Gasteiger partial charge in [-0.1, -0.05) is 0 Å². The van der Waals surface area contributed by atoms with E-state index in [0.29, 0.717) is 24.5 Å². The van der Waals surface area contributed by atoms with Crippen LogP contribution in [0.25, 0.3) is 0 Å². The maximum atomic E-state index is 5.92. The fourth-order valence-corrected chi connectivity index (χ4v) is 2.46. The average Bonchev–Trinajstić information content (AvgIpc) is 2.76. The van der Waals surface area contributed by atoms with Crippen LogP contribution in [0, 0.1) is 5.92 Å². The number of methoxy groups -OCH3 is 1. The van der Waals surface area contributed by atoms with Crippen LogP contribution in [0.15, 0.2) is 0 Å². The lowest BCUT2D eigenvalue weighted by Crippen LogP contribution is -2.50. The fourth-order valence-electron chi connectivity index (χ4n) is 2.46. The van der Waals surface area contributed by atoms with Gasteiger partial charge in [0, 0.05) is 44.8 Å². The summed E-state index contributed by atoms with van der Waals surface area (Å²) in [6.45, 7) is 8.60. The van der Waals surface area contributed by atoms with Crippen LogP contribution >= 0.6 is 0 Å². The van der Waals surface area contributed by atoms with Crippen molar-refractivity contribution in [2.75, 3.05) is 40.0 Å². The van der Waals surface area contributed by atoms with Gasteiger partial charge in [0.1, 0.15) is 0 Å². The van der Waals surface area contributed by atoms with Crippen LogP contribution in [-0.2, 0) is 9.47 Å². The fraction of sp³-hybridized carbons (Fsp3) is 1.00. The quantitative estimate of drug-likeness (QED) is 0.699. The molecule has 2 unspecified atom stereocenters. The molecule has 1 fully saturated rings. The van der Waals surface area contributed by atoms with Crippen molar-refractivity contribution in [3.8, 4) is 0 Å². The van der Waals surface area contributed by atoms with E-state index in [1.807, 2.05) is 0 Å². The summed E-state index contributed by atoms with van der Waals surface area (Å²) < 4.78 is 10.6. The zero-order valence-corrected chi connectivity index (χ0v) is 10.8. The SMILES string of the molecule is COCCN(C(C)C)C(CN)C1CCOC1. The molecule has 1 aliphatic rings. The molecule has 1 saturated heterocycles. The Labute approximate surface area is 99.1 Å². The Hall–Kier alpha value is -0.160. The normalized spacial score (nSPS) is 23.2. The summed E-state index contributed by atoms with van der Waals surface area (Å²) in [5.41, 5.74) is 5.92. The zero-order chi connectivity index (χ0) is 12.0. The van der Waals surface area contributed by atoms with Gasteiger partial charge in [0.2, 0.25) is 0 Å². The third kappa shape index (κ3) is 3.70. The predicted octanol–water partition coefficient (Wildman–Crippen LogP) is 0.707. The largest absolute Gasteiger partial charge is 0.383 e. The molecule has 4 nitrogen and oxygen atoms in total. The van der Waals surface area contributed by atoms with Gasteiger partial charge in [-0.25, -0.2) is 0 Å². The van der Waals surface area contributed by atoms with Crippen LogP contribution in [0.4, 0.5) is 0 Å². The minimum Gasteiger partial charge on any atom is -0.383 e. The molecule has 0 radical (unpaired) electrons. The van der Waals surface area contributed by atoms with E-state index in [4.69, 9.17) is 15.2 Å². The molecule has 16 heavy (non-hydrogen) atoms. The lowest BCUT2D eigenvalue weighted by Gasteiger charge is -2.37. The van der Waals surface area contributed by atoms with Gasteiger partial charge < -0.3 is 15.2 Å². The van der Waals surface area contributed by atoms with E-state index in [2.05, 4.69) is 18.7 Å². The Morgan fingerprint density at radius 3 is 2.69 bits per heavy atom. The molecule has 1 rings (SSSR count). The highest BCUT2D eigenvalue weighted by atomic mass is 16.5. The van der Waals surface area contributed by atoms with Crippen LogP contribution in [0.5, 0.6) is 0 Å². The van der Waals surface area contributed by atoms with Crippen LogP contribution in [0.3, 0.4) is 0 Å². The number of nitrogens with zero attached hydrogens (tertiary/aromatic N) is 1. The van der Waals surface area contributed by atoms with Crippen molar-refractivity contribution in [3.05, 3.63) is 0 Å². The first-order valence-corrected chi connectivity index (χ1v) is 6.23. The summed E-state index contributed by atoms with van der Waals surface area (Å²) in [5.74, 6) is 0.587. The molecule has 0 aromatic heterocycles. The molecule has 0 saturated carbocycles. The van der Waals surface area contributed by atoms with Gasteiger partial charge >= 0.3 is 0 Å². The minimum atomic E-state index is 0.428. The molecule has 0 amide bonds. The van der Waals surface area contributed by atoms with Gasteiger partial charge in [-0.3, -0.25) is 4.90 Å². The maximum Gasteiger partial charge on any atom is 0.0589 e. The van der Waals surface area contributed by atoms with Crippen molar-refractivity contribution in [2.24, 2.45) is 11.7 Å². The monoisotopic (exact) mass is 230 g/mol. The molecule has 4 heteroatoms. The molecule has 0 bridgehead atoms. The lowest BCUT2D eigenvalue weighted by atomic mass is 9.96. The molecule has 1 aliphatic heterocycles. The van der Waals surface area contributed by atoms with E-state index in [0.717, 1.165) is 32.8 Å². The predicted molar refractivity (Wildman–Crippen MR) is 65.5 cm³/mol. The summed E-state index contributed by atoms with van der Waals surface area (Å²) in [7, 11) is 1.74. The van der Waals surface area contributed by atoms with Gasteiger partial charge in [0.25, 0.3) is 0 Å². The van der Waals surface area contributed by atoms with Crippen molar-refractivity contribution < 1.29 is 9.47 Å². The highest BCUT2D eigenvalue weighted by Crippen LogP contribution is 2.22. The van der Waals surface area contributed by atoms with Crippen molar-refractivity contribution >= 4 is 0 Å². The van der Waals surface area contributed by atoms with Crippen molar-refractivity contribution in [3.63, 3.8) is 0 Å². The Morgan fingerprint density at radius 2 is 2.25 bits per heavy atom. The topological polar surface area (TPSA) is 47.7 Å². The van der Waals surface area contributed by atoms with Gasteiger partial charge in [0.15, 0.2) is 0 Å². The van der Waals surface area contributed by atoms with E-state index in [9.17, 15) is 0 Å². The van der Waals surface area contributed by atoms with E-state index in [1.54, 1.807) is 7.11 Å². The highest BCUT2D eigenvalue weighted by Gasteiger charge is 2.30. The summed E-state index contributed by atoms with van der Waals surface area (Å²) in [4.78, 5) is 2.45. The second kappa shape index (κ2) is 7.22. The van der Waals surface area contributed by atoms with Crippen LogP contribution in [0.1, 0.15) is 20.3 Å². The first-order valence-electron chi connectivity index (χ1n) is 6.23. The number of hydrogen-bond acceptors (Lipinski definition) is 4. The molecule has 0 aromatic carbocycles. The molecule has 1 heterocycles. The van der Waals surface area contributed by atoms with Crippen LogP contribution in [-0.4, -0.2) is 57.0 Å². The molecule has 96 valence electrons. The molecule has 2 atom stereocenters. The molecular weight excluding hydrogens is 204 g/mol. The summed E-state index contributed by atoms with van der Waals surface area (Å²) in [6.07, 6.45) is 1.14. The Bertz CT molecular complexity index is 182. The molecule has 0 aliphatic carbocycles. The van der Waals surface area contributed by atoms with Gasteiger partial charge in [-0.2, -0.15) is 0 Å². The van der Waals surface area contributed by atoms with Crippen LogP contribution in [0.2, 0.25) is 0 Å². The molecule has 2 N–H and O–H groups in total. The Morgan fingerprint density at radius 1 is 1.50 bits per heavy atom. The Kier molecular flexibility index (Phi) is 6.28. The molecular formula is C12H26N2O2. The zero-order valence-electron chi connectivity index (χ0n) is 10.8. The molecule has 0 spiro atoms. The summed E-state index contributed by atoms with van der Waals surface area (Å²) in [6, 6.07) is 0.932. The van der Waals surface area contributed by atoms with E-state index in [1.165, 1.54) is 0 Å². The lowest BCUT2D eigenvalue weighted by molar-refractivity contribution is 0.0662. The minimum absolute atomic E-state index is 0.428. The van der Waals surface area contributed by atoms with Crippen LogP contribution < -0.4 is 5.73 Å². The maximum absolute atomic E-state index is 5.92. The molecule has 0 aromatic rings. The van der Waals surface area contributed by atoms with Gasteiger partial charge in [0.05, 0.1) is 13.2 Å². The third-order valence-electron chi connectivity index (χ3n) is 3.39. The van der Waals surface area contributed by atoms with Gasteiger partial charge in [-0.05, 0) is 20.3 Å². The van der Waals surface area contributed by atoms with Crippen molar-refractivity contribution in [1.29, 1.82) is 0 Å². The number of nitrogens with two attached hydrogens (primary N) is 1. The number of ether oxygens (including phenoxy) is 2. The number of rotatable bonds is 7. The third-order valence-corrected chi connectivity index (χ3v) is 3.39. The first-order chi connectivity index (χ1) is 7.70. The van der Waals surface area contributed by atoms with E-state index < -0.39 is 0 Å². The summed E-state index contributed by atoms with van der Waals surface area (Å²) in [5, 5.41) is 0. The number of hydrogen-bond donors (Lipinski definition) is 1. The first kappa shape index (κ1) is 13.9. The van der Waals surface area contributed by atoms with E-state index in [-0.39, 0.29) is 0 Å². The second-order valence-corrected chi connectivity index (χ2v) is 4.75. The van der Waals surface area contributed by atoms with Crippen molar-refractivity contribution in [1.82, 2.24) is 4.90 Å². The van der Waals surface area contributed by atoms with Crippen molar-refractivity contribution in [2.45, 2.75) is 32.4 Å². The van der Waals surface area contributed by atoms with Gasteiger partial charge in [-0.15, -0.1) is 0 Å². The summed E-state index contributed by atoms with van der Waals surface area (Å²) >= 11 is 0. The highest BCUT2D eigenvalue weighted by molar-refractivity contribution is 4.84. The Balaban J connectivity index is 2.56. The van der Waals surface area contributed by atoms with E-state index >= 15 is 0 Å². The standard InChI is InChI=1S/C12H26N2O2/c1-10(2)14(5-7-15-3)12(8-13)11-4-6-16-9-11/h10-12H,4-9,13H2,1-3H3.